The Bertz CT molecular complexity index is 295. The molecule has 0 aliphatic rings. The second-order valence-electron chi connectivity index (χ2n) is 2.22. The Hall–Kier alpha value is -1.56. The van der Waals surface area contributed by atoms with Crippen LogP contribution in [0.25, 0.3) is 0 Å². The van der Waals surface area contributed by atoms with E-state index < -0.39 is 11.6 Å². The molecule has 0 atom stereocenters. The Kier molecular flexibility index (Phi) is 2.65. The summed E-state index contributed by atoms with van der Waals surface area (Å²) in [5, 5.41) is 2.66. The summed E-state index contributed by atoms with van der Waals surface area (Å²) in [6.45, 7) is 0.253. The molecule has 0 aliphatic carbocycles. The fraction of sp³-hybridized carbons (Fsp3) is 0.111. The molecule has 1 N–H and O–H groups in total. The fourth-order valence-electron chi connectivity index (χ4n) is 0.809. The monoisotopic (exact) mass is 167 g/mol. The Morgan fingerprint density at radius 1 is 1.25 bits per heavy atom. The standard InChI is InChI=1S/C9H7F2N/c1-2-3-12-9-5-7(10)4-8(11)6-9/h1,4-6,12H,3H2. The number of terminal acetylenes is 1. The van der Waals surface area contributed by atoms with Gasteiger partial charge < -0.3 is 5.32 Å². The van der Waals surface area contributed by atoms with Crippen LogP contribution in [0.3, 0.4) is 0 Å². The molecular formula is C9H7F2N. The zero-order valence-corrected chi connectivity index (χ0v) is 6.27. The van der Waals surface area contributed by atoms with Crippen LogP contribution in [0, 0.1) is 24.0 Å². The van der Waals surface area contributed by atoms with E-state index >= 15 is 0 Å². The van der Waals surface area contributed by atoms with Crippen LogP contribution in [0.2, 0.25) is 0 Å². The van der Waals surface area contributed by atoms with Crippen molar-refractivity contribution >= 4 is 5.69 Å². The minimum atomic E-state index is -0.616. The first kappa shape index (κ1) is 8.54. The molecule has 1 aromatic rings. The van der Waals surface area contributed by atoms with Crippen LogP contribution in [0.15, 0.2) is 18.2 Å². The van der Waals surface area contributed by atoms with E-state index in [0.717, 1.165) is 6.07 Å². The van der Waals surface area contributed by atoms with Crippen molar-refractivity contribution in [1.82, 2.24) is 0 Å². The summed E-state index contributed by atoms with van der Waals surface area (Å²) in [5.74, 6) is 1.07. The third-order valence-corrected chi connectivity index (χ3v) is 1.26. The van der Waals surface area contributed by atoms with Gasteiger partial charge in [-0.15, -0.1) is 6.42 Å². The molecule has 0 spiro atoms. The fourth-order valence-corrected chi connectivity index (χ4v) is 0.809. The average Bonchev–Trinajstić information content (AvgIpc) is 1.99. The van der Waals surface area contributed by atoms with Crippen molar-refractivity contribution in [2.45, 2.75) is 0 Å². The zero-order chi connectivity index (χ0) is 8.97. The highest BCUT2D eigenvalue weighted by molar-refractivity contribution is 5.44. The lowest BCUT2D eigenvalue weighted by Crippen LogP contribution is -1.99. The summed E-state index contributed by atoms with van der Waals surface area (Å²) < 4.78 is 25.0. The molecule has 0 radical (unpaired) electrons. The number of hydrogen-bond donors (Lipinski definition) is 1. The van der Waals surface area contributed by atoms with Crippen LogP contribution >= 0.6 is 0 Å². The van der Waals surface area contributed by atoms with Gasteiger partial charge in [-0.2, -0.15) is 0 Å². The Morgan fingerprint density at radius 3 is 2.33 bits per heavy atom. The zero-order valence-electron chi connectivity index (χ0n) is 6.27. The molecular weight excluding hydrogens is 160 g/mol. The van der Waals surface area contributed by atoms with E-state index in [-0.39, 0.29) is 6.54 Å². The van der Waals surface area contributed by atoms with Crippen molar-refractivity contribution in [3.63, 3.8) is 0 Å². The largest absolute Gasteiger partial charge is 0.374 e. The van der Waals surface area contributed by atoms with Crippen LogP contribution in [0.5, 0.6) is 0 Å². The van der Waals surface area contributed by atoms with E-state index in [1.54, 1.807) is 0 Å². The van der Waals surface area contributed by atoms with Crippen molar-refractivity contribution in [3.05, 3.63) is 29.8 Å². The molecule has 1 rings (SSSR count). The second-order valence-corrected chi connectivity index (χ2v) is 2.22. The number of rotatable bonds is 2. The lowest BCUT2D eigenvalue weighted by atomic mass is 10.3. The predicted octanol–water partition coefficient (Wildman–Crippen LogP) is 2.01. The van der Waals surface area contributed by atoms with Gasteiger partial charge in [0.05, 0.1) is 6.54 Å². The van der Waals surface area contributed by atoms with Crippen LogP contribution < -0.4 is 5.32 Å². The van der Waals surface area contributed by atoms with Gasteiger partial charge in [0.15, 0.2) is 0 Å². The number of anilines is 1. The lowest BCUT2D eigenvalue weighted by Gasteiger charge is -2.01. The number of nitrogens with one attached hydrogen (secondary N) is 1. The predicted molar refractivity (Wildman–Crippen MR) is 43.7 cm³/mol. The molecule has 0 amide bonds. The van der Waals surface area contributed by atoms with Crippen molar-refractivity contribution in [2.24, 2.45) is 0 Å². The van der Waals surface area contributed by atoms with Crippen molar-refractivity contribution in [2.75, 3.05) is 11.9 Å². The molecule has 0 aliphatic heterocycles. The summed E-state index contributed by atoms with van der Waals surface area (Å²) >= 11 is 0. The van der Waals surface area contributed by atoms with Crippen LogP contribution in [0.1, 0.15) is 0 Å². The van der Waals surface area contributed by atoms with Gasteiger partial charge in [-0.3, -0.25) is 0 Å². The smallest absolute Gasteiger partial charge is 0.128 e. The number of hydrogen-bond acceptors (Lipinski definition) is 1. The summed E-state index contributed by atoms with van der Waals surface area (Å²) in [6, 6.07) is 3.17. The van der Waals surface area contributed by atoms with Crippen molar-refractivity contribution in [1.29, 1.82) is 0 Å². The maximum absolute atomic E-state index is 12.5. The van der Waals surface area contributed by atoms with E-state index in [2.05, 4.69) is 11.2 Å². The van der Waals surface area contributed by atoms with Crippen molar-refractivity contribution < 1.29 is 8.78 Å². The Morgan fingerprint density at radius 2 is 1.83 bits per heavy atom. The van der Waals surface area contributed by atoms with Crippen molar-refractivity contribution in [3.8, 4) is 12.3 Å². The minimum absolute atomic E-state index is 0.253. The first-order valence-electron chi connectivity index (χ1n) is 3.36. The first-order chi connectivity index (χ1) is 5.72. The van der Waals surface area contributed by atoms with Gasteiger partial charge in [0, 0.05) is 11.8 Å². The lowest BCUT2D eigenvalue weighted by molar-refractivity contribution is 0.584. The molecule has 62 valence electrons. The quantitative estimate of drug-likeness (QED) is 0.664. The van der Waals surface area contributed by atoms with Gasteiger partial charge in [0.25, 0.3) is 0 Å². The average molecular weight is 167 g/mol. The summed E-state index contributed by atoms with van der Waals surface area (Å²) in [4.78, 5) is 0. The molecule has 1 aromatic carbocycles. The molecule has 0 unspecified atom stereocenters. The van der Waals surface area contributed by atoms with Gasteiger partial charge in [0.1, 0.15) is 11.6 Å². The van der Waals surface area contributed by atoms with E-state index in [0.29, 0.717) is 5.69 Å². The molecule has 12 heavy (non-hydrogen) atoms. The molecule has 1 nitrogen and oxygen atoms in total. The van der Waals surface area contributed by atoms with Crippen LogP contribution in [-0.4, -0.2) is 6.54 Å². The number of halogens is 2. The highest BCUT2D eigenvalue weighted by atomic mass is 19.1. The summed E-state index contributed by atoms with van der Waals surface area (Å²) in [7, 11) is 0. The molecule has 0 fully saturated rings. The molecule has 0 saturated carbocycles. The molecule has 3 heteroatoms. The normalized spacial score (nSPS) is 9.08. The molecule has 0 bridgehead atoms. The Balaban J connectivity index is 2.80. The number of benzene rings is 1. The van der Waals surface area contributed by atoms with E-state index in [1.807, 2.05) is 0 Å². The summed E-state index contributed by atoms with van der Waals surface area (Å²) in [5.41, 5.74) is 0.352. The molecule has 0 aromatic heterocycles. The van der Waals surface area contributed by atoms with Gasteiger partial charge in [0.2, 0.25) is 0 Å². The topological polar surface area (TPSA) is 12.0 Å². The van der Waals surface area contributed by atoms with Gasteiger partial charge in [-0.1, -0.05) is 5.92 Å². The van der Waals surface area contributed by atoms with E-state index in [4.69, 9.17) is 6.42 Å². The van der Waals surface area contributed by atoms with Gasteiger partial charge >= 0.3 is 0 Å². The third-order valence-electron chi connectivity index (χ3n) is 1.26. The highest BCUT2D eigenvalue weighted by Gasteiger charge is 1.98. The molecule has 0 saturated heterocycles. The van der Waals surface area contributed by atoms with Crippen LogP contribution in [0.4, 0.5) is 14.5 Å². The second kappa shape index (κ2) is 3.72. The Labute approximate surface area is 69.4 Å². The van der Waals surface area contributed by atoms with Gasteiger partial charge in [-0.05, 0) is 12.1 Å². The molecule has 0 heterocycles. The van der Waals surface area contributed by atoms with Crippen LogP contribution in [-0.2, 0) is 0 Å². The maximum atomic E-state index is 12.5. The minimum Gasteiger partial charge on any atom is -0.374 e. The van der Waals surface area contributed by atoms with E-state index in [1.165, 1.54) is 12.1 Å². The highest BCUT2D eigenvalue weighted by Crippen LogP contribution is 2.11. The maximum Gasteiger partial charge on any atom is 0.128 e. The van der Waals surface area contributed by atoms with Gasteiger partial charge in [-0.25, -0.2) is 8.78 Å². The SMILES string of the molecule is C#CCNc1cc(F)cc(F)c1. The first-order valence-corrected chi connectivity index (χ1v) is 3.36. The van der Waals surface area contributed by atoms with E-state index in [9.17, 15) is 8.78 Å². The third kappa shape index (κ3) is 2.24. The summed E-state index contributed by atoms with van der Waals surface area (Å²) in [6.07, 6.45) is 4.95.